The van der Waals surface area contributed by atoms with Crippen LogP contribution in [0.4, 0.5) is 0 Å². The van der Waals surface area contributed by atoms with Gasteiger partial charge >= 0.3 is 0 Å². The maximum absolute atomic E-state index is 6.16. The molecule has 0 amide bonds. The van der Waals surface area contributed by atoms with E-state index in [1.807, 2.05) is 0 Å². The lowest BCUT2D eigenvalue weighted by Gasteiger charge is -2.32. The predicted molar refractivity (Wildman–Crippen MR) is 74.1 cm³/mol. The second kappa shape index (κ2) is 4.63. The van der Waals surface area contributed by atoms with Crippen molar-refractivity contribution >= 4 is 5.90 Å². The zero-order chi connectivity index (χ0) is 12.7. The Kier molecular flexibility index (Phi) is 2.92. The van der Waals surface area contributed by atoms with Gasteiger partial charge in [-0.15, -0.1) is 0 Å². The van der Waals surface area contributed by atoms with Crippen molar-refractivity contribution in [1.82, 2.24) is 10.2 Å². The highest BCUT2D eigenvalue weighted by atomic mass is 16.7. The minimum Gasteiger partial charge on any atom is -0.470 e. The van der Waals surface area contributed by atoms with Crippen LogP contribution in [-0.4, -0.2) is 56.2 Å². The van der Waals surface area contributed by atoms with Crippen LogP contribution < -0.4 is 5.32 Å². The van der Waals surface area contributed by atoms with Crippen LogP contribution in [0.1, 0.15) is 27.1 Å². The van der Waals surface area contributed by atoms with Gasteiger partial charge in [0.05, 0.1) is 5.41 Å². The first-order valence-electron chi connectivity index (χ1n) is 7.67. The van der Waals surface area contributed by atoms with E-state index in [1.165, 1.54) is 38.8 Å². The fourth-order valence-electron chi connectivity index (χ4n) is 3.79. The van der Waals surface area contributed by atoms with Crippen LogP contribution in [-0.2, 0) is 9.57 Å². The monoisotopic (exact) mass is 267 g/mol. The van der Waals surface area contributed by atoms with Crippen molar-refractivity contribution in [3.63, 3.8) is 0 Å². The number of ether oxygens (including phenoxy) is 1. The Balaban J connectivity index is 0.00000121. The lowest BCUT2D eigenvalue weighted by atomic mass is 10.1. The molecule has 5 nitrogen and oxygen atoms in total. The van der Waals surface area contributed by atoms with Crippen LogP contribution in [0.3, 0.4) is 0 Å². The van der Waals surface area contributed by atoms with Gasteiger partial charge in [-0.3, -0.25) is 4.90 Å². The standard InChI is InChI=1S/C14H23N3O2.H2/c1-2-4-17(5-3-1)8-12-9-18-16-13(19-12)14-6-11(14)7-15-10-14;/h11-12,15H,1-10H2;1H/t11-,12?,14-;/m0./s1. The molecule has 0 bridgehead atoms. The molecule has 0 radical (unpaired) electrons. The molecule has 1 N–H and O–H groups in total. The smallest absolute Gasteiger partial charge is 0.234 e. The van der Waals surface area contributed by atoms with E-state index in [0.717, 1.165) is 31.4 Å². The molecule has 3 heterocycles. The Hall–Kier alpha value is -0.810. The first-order valence-corrected chi connectivity index (χ1v) is 7.67. The van der Waals surface area contributed by atoms with Gasteiger partial charge in [0.2, 0.25) is 5.90 Å². The van der Waals surface area contributed by atoms with Crippen molar-refractivity contribution in [3.05, 3.63) is 0 Å². The third kappa shape index (κ3) is 2.13. The Morgan fingerprint density at radius 3 is 3.00 bits per heavy atom. The first-order chi connectivity index (χ1) is 9.37. The van der Waals surface area contributed by atoms with E-state index in [0.29, 0.717) is 6.61 Å². The van der Waals surface area contributed by atoms with Crippen molar-refractivity contribution in [2.75, 3.05) is 39.3 Å². The Labute approximate surface area is 115 Å². The quantitative estimate of drug-likeness (QED) is 0.830. The third-order valence-electron chi connectivity index (χ3n) is 5.09. The van der Waals surface area contributed by atoms with E-state index in [1.54, 1.807) is 0 Å². The van der Waals surface area contributed by atoms with Crippen LogP contribution in [0.5, 0.6) is 0 Å². The molecule has 4 aliphatic rings. The van der Waals surface area contributed by atoms with Crippen molar-refractivity contribution in [1.29, 1.82) is 0 Å². The molecular formula is C14H25N3O2. The number of oxime groups is 1. The third-order valence-corrected chi connectivity index (χ3v) is 5.09. The Morgan fingerprint density at radius 2 is 2.26 bits per heavy atom. The molecule has 0 aromatic rings. The molecule has 3 fully saturated rings. The normalized spacial score (nSPS) is 42.0. The highest BCUT2D eigenvalue weighted by molar-refractivity contribution is 5.87. The summed E-state index contributed by atoms with van der Waals surface area (Å²) in [5, 5.41) is 7.63. The molecule has 0 spiro atoms. The summed E-state index contributed by atoms with van der Waals surface area (Å²) in [6.45, 7) is 6.14. The molecule has 3 aliphatic heterocycles. The molecule has 0 aromatic carbocycles. The van der Waals surface area contributed by atoms with Crippen LogP contribution in [0.2, 0.25) is 0 Å². The summed E-state index contributed by atoms with van der Waals surface area (Å²) in [5.41, 5.74) is 0.181. The maximum Gasteiger partial charge on any atom is 0.234 e. The number of likely N-dealkylation sites (tertiary alicyclic amines) is 1. The second-order valence-electron chi connectivity index (χ2n) is 6.48. The fraction of sp³-hybridized carbons (Fsp3) is 0.929. The predicted octanol–water partition coefficient (Wildman–Crippen LogP) is 1.06. The highest BCUT2D eigenvalue weighted by Crippen LogP contribution is 2.56. The van der Waals surface area contributed by atoms with Crippen LogP contribution in [0, 0.1) is 11.3 Å². The van der Waals surface area contributed by atoms with Gasteiger partial charge in [0, 0.05) is 14.5 Å². The fourth-order valence-corrected chi connectivity index (χ4v) is 3.79. The summed E-state index contributed by atoms with van der Waals surface area (Å²) in [6, 6.07) is 0. The molecule has 3 atom stereocenters. The van der Waals surface area contributed by atoms with Crippen LogP contribution >= 0.6 is 0 Å². The molecule has 4 rings (SSSR count). The SMILES string of the molecule is C1CCN(CC2CON=C([C@@]34CNC[C@@H]3C4)O2)CC1.[HH]. The number of hydrogen-bond acceptors (Lipinski definition) is 5. The molecule has 1 aliphatic carbocycles. The lowest BCUT2D eigenvalue weighted by molar-refractivity contribution is -0.0163. The molecular weight excluding hydrogens is 242 g/mol. The van der Waals surface area contributed by atoms with Crippen LogP contribution in [0.25, 0.3) is 0 Å². The maximum atomic E-state index is 6.16. The van der Waals surface area contributed by atoms with Gasteiger partial charge in [0.15, 0.2) is 6.61 Å². The topological polar surface area (TPSA) is 46.1 Å². The van der Waals surface area contributed by atoms with Gasteiger partial charge in [-0.05, 0) is 44.8 Å². The molecule has 1 saturated carbocycles. The highest BCUT2D eigenvalue weighted by Gasteiger charge is 2.63. The van der Waals surface area contributed by atoms with E-state index < -0.39 is 0 Å². The molecule has 19 heavy (non-hydrogen) atoms. The average molecular weight is 267 g/mol. The van der Waals surface area contributed by atoms with Crippen molar-refractivity contribution in [3.8, 4) is 0 Å². The van der Waals surface area contributed by atoms with E-state index in [4.69, 9.17) is 9.57 Å². The van der Waals surface area contributed by atoms with E-state index >= 15 is 0 Å². The number of piperidine rings is 2. The van der Waals surface area contributed by atoms with Crippen molar-refractivity contribution < 1.29 is 11.0 Å². The summed E-state index contributed by atoms with van der Waals surface area (Å²) in [5.74, 6) is 1.60. The van der Waals surface area contributed by atoms with Gasteiger partial charge < -0.3 is 14.9 Å². The molecule has 5 heteroatoms. The summed E-state index contributed by atoms with van der Waals surface area (Å²) in [4.78, 5) is 7.96. The molecule has 2 saturated heterocycles. The van der Waals surface area contributed by atoms with E-state index in [2.05, 4.69) is 15.4 Å². The van der Waals surface area contributed by atoms with Crippen molar-refractivity contribution in [2.45, 2.75) is 31.8 Å². The van der Waals surface area contributed by atoms with Gasteiger partial charge in [-0.1, -0.05) is 11.6 Å². The Morgan fingerprint density at radius 1 is 1.37 bits per heavy atom. The van der Waals surface area contributed by atoms with Crippen LogP contribution in [0.15, 0.2) is 5.16 Å². The molecule has 1 unspecified atom stereocenters. The van der Waals surface area contributed by atoms with E-state index in [9.17, 15) is 0 Å². The summed E-state index contributed by atoms with van der Waals surface area (Å²) < 4.78 is 6.16. The average Bonchev–Trinajstić information content (AvgIpc) is 3.03. The van der Waals surface area contributed by atoms with Crippen molar-refractivity contribution in [2.24, 2.45) is 16.5 Å². The minimum absolute atomic E-state index is 0. The summed E-state index contributed by atoms with van der Waals surface area (Å²) in [7, 11) is 0. The summed E-state index contributed by atoms with van der Waals surface area (Å²) >= 11 is 0. The zero-order valence-electron chi connectivity index (χ0n) is 11.4. The largest absolute Gasteiger partial charge is 0.470 e. The summed E-state index contributed by atoms with van der Waals surface area (Å²) in [6.07, 6.45) is 5.41. The second-order valence-corrected chi connectivity index (χ2v) is 6.48. The number of hydrogen-bond donors (Lipinski definition) is 1. The lowest BCUT2D eigenvalue weighted by Crippen LogP contribution is -2.43. The Bertz CT molecular complexity index is 387. The zero-order valence-corrected chi connectivity index (χ0v) is 11.4. The molecule has 0 aromatic heterocycles. The van der Waals surface area contributed by atoms with Gasteiger partial charge in [0.25, 0.3) is 0 Å². The first kappa shape index (κ1) is 12.0. The minimum atomic E-state index is 0. The van der Waals surface area contributed by atoms with Gasteiger partial charge in [0.1, 0.15) is 6.10 Å². The molecule has 108 valence electrons. The number of rotatable bonds is 3. The number of fused-ring (bicyclic) bond motifs is 1. The number of nitrogens with one attached hydrogen (secondary N) is 1. The van der Waals surface area contributed by atoms with Gasteiger partial charge in [-0.2, -0.15) is 0 Å². The van der Waals surface area contributed by atoms with E-state index in [-0.39, 0.29) is 12.9 Å². The van der Waals surface area contributed by atoms with Gasteiger partial charge in [-0.25, -0.2) is 0 Å². The number of nitrogens with zero attached hydrogens (tertiary/aromatic N) is 2.